The van der Waals surface area contributed by atoms with Gasteiger partial charge in [-0.25, -0.2) is 0 Å². The molecule has 2 rings (SSSR count). The smallest absolute Gasteiger partial charge is 0.145 e. The van der Waals surface area contributed by atoms with Crippen LogP contribution in [0.2, 0.25) is 4.34 Å². The van der Waals surface area contributed by atoms with Gasteiger partial charge in [0.15, 0.2) is 0 Å². The first kappa shape index (κ1) is 10.4. The van der Waals surface area contributed by atoms with Crippen LogP contribution in [-0.4, -0.2) is 31.5 Å². The summed E-state index contributed by atoms with van der Waals surface area (Å²) in [6.07, 6.45) is 0. The molecule has 1 N–H and O–H groups in total. The van der Waals surface area contributed by atoms with Gasteiger partial charge in [-0.2, -0.15) is 0 Å². The van der Waals surface area contributed by atoms with Crippen LogP contribution in [0.25, 0.3) is 0 Å². The summed E-state index contributed by atoms with van der Waals surface area (Å²) in [5.41, 5.74) is -1.03. The Hall–Kier alpha value is -0.130. The molecule has 0 bridgehead atoms. The summed E-state index contributed by atoms with van der Waals surface area (Å²) >= 11 is 7.17. The zero-order chi connectivity index (χ0) is 10.0. The second-order valence-corrected chi connectivity index (χ2v) is 4.96. The van der Waals surface area contributed by atoms with Crippen LogP contribution in [0.4, 0.5) is 0 Å². The predicted octanol–water partition coefficient (Wildman–Crippen LogP) is 1.64. The minimum Gasteiger partial charge on any atom is -0.379 e. The van der Waals surface area contributed by atoms with Gasteiger partial charge in [0.05, 0.1) is 30.8 Å². The van der Waals surface area contributed by atoms with Crippen molar-refractivity contribution < 1.29 is 14.6 Å². The average molecular weight is 235 g/mol. The van der Waals surface area contributed by atoms with Crippen molar-refractivity contribution in [3.05, 3.63) is 21.3 Å². The Morgan fingerprint density at radius 1 is 1.29 bits per heavy atom. The summed E-state index contributed by atoms with van der Waals surface area (Å²) in [5, 5.41) is 10.2. The number of hydrogen-bond donors (Lipinski definition) is 1. The van der Waals surface area contributed by atoms with Crippen molar-refractivity contribution in [2.45, 2.75) is 5.60 Å². The first-order chi connectivity index (χ1) is 6.71. The van der Waals surface area contributed by atoms with Crippen molar-refractivity contribution in [3.63, 3.8) is 0 Å². The van der Waals surface area contributed by atoms with Gasteiger partial charge in [0, 0.05) is 4.88 Å². The predicted molar refractivity (Wildman–Crippen MR) is 54.9 cm³/mol. The Bertz CT molecular complexity index is 305. The highest BCUT2D eigenvalue weighted by Gasteiger charge is 2.33. The summed E-state index contributed by atoms with van der Waals surface area (Å²) in [4.78, 5) is 0.796. The maximum absolute atomic E-state index is 10.2. The number of aliphatic hydroxyl groups is 1. The Morgan fingerprint density at radius 3 is 2.43 bits per heavy atom. The lowest BCUT2D eigenvalue weighted by Gasteiger charge is -2.23. The van der Waals surface area contributed by atoms with Gasteiger partial charge in [0.1, 0.15) is 5.60 Å². The molecule has 5 heteroatoms. The molecular formula is C9H11ClO3S. The first-order valence-electron chi connectivity index (χ1n) is 4.34. The molecular weight excluding hydrogens is 224 g/mol. The van der Waals surface area contributed by atoms with Crippen LogP contribution in [0.15, 0.2) is 12.1 Å². The molecule has 1 aliphatic rings. The standard InChI is InChI=1S/C9H11ClO3S/c10-8-2-1-7(14-8)9(11)5-12-3-4-13-6-9/h1-2,11H,3-6H2. The Kier molecular flexibility index (Phi) is 3.09. The van der Waals surface area contributed by atoms with Crippen LogP contribution in [-0.2, 0) is 15.1 Å². The van der Waals surface area contributed by atoms with Gasteiger partial charge in [-0.1, -0.05) is 11.6 Å². The molecule has 3 nitrogen and oxygen atoms in total. The number of halogens is 1. The molecule has 1 aromatic heterocycles. The monoisotopic (exact) mass is 234 g/mol. The summed E-state index contributed by atoms with van der Waals surface area (Å²) in [6, 6.07) is 3.58. The highest BCUT2D eigenvalue weighted by atomic mass is 35.5. The third-order valence-corrected chi connectivity index (χ3v) is 3.51. The molecule has 14 heavy (non-hydrogen) atoms. The lowest BCUT2D eigenvalue weighted by atomic mass is 10.1. The van der Waals surface area contributed by atoms with Gasteiger partial charge in [0.2, 0.25) is 0 Å². The van der Waals surface area contributed by atoms with E-state index in [2.05, 4.69) is 0 Å². The lowest BCUT2D eigenvalue weighted by molar-refractivity contribution is -0.0573. The van der Waals surface area contributed by atoms with E-state index in [0.717, 1.165) is 4.88 Å². The van der Waals surface area contributed by atoms with Crippen molar-refractivity contribution in [3.8, 4) is 0 Å². The van der Waals surface area contributed by atoms with Gasteiger partial charge >= 0.3 is 0 Å². The summed E-state index contributed by atoms with van der Waals surface area (Å²) in [7, 11) is 0. The van der Waals surface area contributed by atoms with Crippen molar-refractivity contribution in [2.75, 3.05) is 26.4 Å². The van der Waals surface area contributed by atoms with Gasteiger partial charge in [0.25, 0.3) is 0 Å². The topological polar surface area (TPSA) is 38.7 Å². The van der Waals surface area contributed by atoms with Crippen molar-refractivity contribution in [1.29, 1.82) is 0 Å². The molecule has 2 heterocycles. The molecule has 0 radical (unpaired) electrons. The van der Waals surface area contributed by atoms with Crippen molar-refractivity contribution >= 4 is 22.9 Å². The number of ether oxygens (including phenoxy) is 2. The van der Waals surface area contributed by atoms with E-state index < -0.39 is 5.60 Å². The second kappa shape index (κ2) is 4.16. The SMILES string of the molecule is OC1(c2ccc(Cl)s2)COCCOC1. The molecule has 0 unspecified atom stereocenters. The number of thiophene rings is 1. The largest absolute Gasteiger partial charge is 0.379 e. The van der Waals surface area contributed by atoms with E-state index in [9.17, 15) is 5.11 Å². The van der Waals surface area contributed by atoms with Crippen LogP contribution in [0.3, 0.4) is 0 Å². The summed E-state index contributed by atoms with van der Waals surface area (Å²) in [5.74, 6) is 0. The fourth-order valence-corrected chi connectivity index (χ4v) is 2.45. The van der Waals surface area contributed by atoms with E-state index in [1.807, 2.05) is 6.07 Å². The van der Waals surface area contributed by atoms with Crippen LogP contribution < -0.4 is 0 Å². The van der Waals surface area contributed by atoms with E-state index in [1.54, 1.807) is 6.07 Å². The fraction of sp³-hybridized carbons (Fsp3) is 0.556. The Morgan fingerprint density at radius 2 is 1.93 bits per heavy atom. The zero-order valence-electron chi connectivity index (χ0n) is 7.53. The van der Waals surface area contributed by atoms with Crippen molar-refractivity contribution in [1.82, 2.24) is 0 Å². The number of rotatable bonds is 1. The molecule has 0 saturated carbocycles. The van der Waals surface area contributed by atoms with Gasteiger partial charge in [-0.3, -0.25) is 0 Å². The molecule has 1 aliphatic heterocycles. The molecule has 78 valence electrons. The average Bonchev–Trinajstić information content (AvgIpc) is 2.47. The van der Waals surface area contributed by atoms with Gasteiger partial charge < -0.3 is 14.6 Å². The van der Waals surface area contributed by atoms with Crippen LogP contribution in [0.5, 0.6) is 0 Å². The molecule has 1 saturated heterocycles. The number of hydrogen-bond acceptors (Lipinski definition) is 4. The third-order valence-electron chi connectivity index (χ3n) is 2.09. The highest BCUT2D eigenvalue weighted by Crippen LogP contribution is 2.32. The molecule has 0 amide bonds. The molecule has 1 aromatic rings. The third kappa shape index (κ3) is 2.10. The maximum atomic E-state index is 10.2. The van der Waals surface area contributed by atoms with E-state index >= 15 is 0 Å². The van der Waals surface area contributed by atoms with Gasteiger partial charge in [-0.05, 0) is 12.1 Å². The lowest BCUT2D eigenvalue weighted by Crippen LogP contribution is -2.33. The van der Waals surface area contributed by atoms with E-state index in [-0.39, 0.29) is 13.2 Å². The van der Waals surface area contributed by atoms with Crippen molar-refractivity contribution in [2.24, 2.45) is 0 Å². The highest BCUT2D eigenvalue weighted by molar-refractivity contribution is 7.16. The molecule has 0 spiro atoms. The molecule has 0 aromatic carbocycles. The second-order valence-electron chi connectivity index (χ2n) is 3.24. The van der Waals surface area contributed by atoms with Crippen LogP contribution in [0.1, 0.15) is 4.88 Å². The van der Waals surface area contributed by atoms with Gasteiger partial charge in [-0.15, -0.1) is 11.3 Å². The van der Waals surface area contributed by atoms with E-state index in [0.29, 0.717) is 17.6 Å². The maximum Gasteiger partial charge on any atom is 0.145 e. The van der Waals surface area contributed by atoms with Crippen LogP contribution >= 0.6 is 22.9 Å². The summed E-state index contributed by atoms with van der Waals surface area (Å²) < 4.78 is 11.2. The van der Waals surface area contributed by atoms with Crippen LogP contribution in [0, 0.1) is 0 Å². The fourth-order valence-electron chi connectivity index (χ4n) is 1.35. The molecule has 1 fully saturated rings. The molecule has 0 atom stereocenters. The first-order valence-corrected chi connectivity index (χ1v) is 5.54. The molecule has 0 aliphatic carbocycles. The van der Waals surface area contributed by atoms with E-state index in [4.69, 9.17) is 21.1 Å². The zero-order valence-corrected chi connectivity index (χ0v) is 9.11. The quantitative estimate of drug-likeness (QED) is 0.803. The van der Waals surface area contributed by atoms with E-state index in [1.165, 1.54) is 11.3 Å². The normalized spacial score (nSPS) is 21.9. The Labute approximate surface area is 91.2 Å². The Balaban J connectivity index is 2.20. The minimum atomic E-state index is -1.03. The minimum absolute atomic E-state index is 0.268. The summed E-state index contributed by atoms with van der Waals surface area (Å²) in [6.45, 7) is 1.59.